The van der Waals surface area contributed by atoms with E-state index in [2.05, 4.69) is 10.3 Å². The SMILES string of the molecule is CCOC(=O)c1sc(NC(=O)COC(=O)CCc2c[nH]c3ccccc23)cc1C. The van der Waals surface area contributed by atoms with E-state index >= 15 is 0 Å². The van der Waals surface area contributed by atoms with Crippen molar-refractivity contribution in [3.8, 4) is 0 Å². The zero-order valence-corrected chi connectivity index (χ0v) is 17.1. The summed E-state index contributed by atoms with van der Waals surface area (Å²) in [6.07, 6.45) is 2.59. The van der Waals surface area contributed by atoms with E-state index in [1.165, 1.54) is 0 Å². The summed E-state index contributed by atoms with van der Waals surface area (Å²) in [5.41, 5.74) is 2.77. The number of aryl methyl sites for hydroxylation is 2. The van der Waals surface area contributed by atoms with Crippen molar-refractivity contribution in [2.75, 3.05) is 18.5 Å². The van der Waals surface area contributed by atoms with Gasteiger partial charge in [0, 0.05) is 23.5 Å². The second-order valence-electron chi connectivity index (χ2n) is 6.41. The Morgan fingerprint density at radius 1 is 1.17 bits per heavy atom. The third kappa shape index (κ3) is 5.23. The number of nitrogens with one attached hydrogen (secondary N) is 2. The lowest BCUT2D eigenvalue weighted by Gasteiger charge is -2.05. The molecule has 29 heavy (non-hydrogen) atoms. The number of thiophene rings is 1. The van der Waals surface area contributed by atoms with Crippen LogP contribution in [0.15, 0.2) is 36.5 Å². The molecule has 0 saturated carbocycles. The van der Waals surface area contributed by atoms with Crippen molar-refractivity contribution < 1.29 is 23.9 Å². The number of esters is 2. The van der Waals surface area contributed by atoms with Gasteiger partial charge < -0.3 is 19.8 Å². The van der Waals surface area contributed by atoms with E-state index in [9.17, 15) is 14.4 Å². The highest BCUT2D eigenvalue weighted by Gasteiger charge is 2.16. The molecular weight excluding hydrogens is 392 g/mol. The maximum atomic E-state index is 12.0. The number of aromatic amines is 1. The van der Waals surface area contributed by atoms with Crippen LogP contribution in [0.2, 0.25) is 0 Å². The minimum atomic E-state index is -0.456. The summed E-state index contributed by atoms with van der Waals surface area (Å²) in [6.45, 7) is 3.41. The molecule has 0 aliphatic heterocycles. The molecular formula is C21H22N2O5S. The first-order valence-corrected chi connectivity index (χ1v) is 10.1. The molecule has 0 unspecified atom stereocenters. The predicted molar refractivity (Wildman–Crippen MR) is 111 cm³/mol. The summed E-state index contributed by atoms with van der Waals surface area (Å²) >= 11 is 1.13. The first-order valence-electron chi connectivity index (χ1n) is 9.26. The molecule has 152 valence electrons. The monoisotopic (exact) mass is 414 g/mol. The smallest absolute Gasteiger partial charge is 0.348 e. The van der Waals surface area contributed by atoms with Crippen LogP contribution in [0, 0.1) is 6.92 Å². The number of carbonyl (C=O) groups is 3. The van der Waals surface area contributed by atoms with Gasteiger partial charge in [-0.15, -0.1) is 11.3 Å². The maximum Gasteiger partial charge on any atom is 0.348 e. The number of carbonyl (C=O) groups excluding carboxylic acids is 3. The van der Waals surface area contributed by atoms with Crippen molar-refractivity contribution in [1.82, 2.24) is 4.98 Å². The van der Waals surface area contributed by atoms with Gasteiger partial charge in [0.15, 0.2) is 6.61 Å². The van der Waals surface area contributed by atoms with Gasteiger partial charge in [0.25, 0.3) is 5.91 Å². The van der Waals surface area contributed by atoms with Gasteiger partial charge in [-0.05, 0) is 43.5 Å². The number of para-hydroxylation sites is 1. The van der Waals surface area contributed by atoms with E-state index in [1.807, 2.05) is 30.5 Å². The molecule has 0 saturated heterocycles. The van der Waals surface area contributed by atoms with Gasteiger partial charge in [-0.3, -0.25) is 9.59 Å². The molecule has 2 N–H and O–H groups in total. The Balaban J connectivity index is 1.46. The van der Waals surface area contributed by atoms with Crippen LogP contribution >= 0.6 is 11.3 Å². The van der Waals surface area contributed by atoms with Crippen LogP contribution in [0.25, 0.3) is 10.9 Å². The number of rotatable bonds is 8. The molecule has 8 heteroatoms. The predicted octanol–water partition coefficient (Wildman–Crippen LogP) is 3.83. The molecule has 2 aromatic heterocycles. The van der Waals surface area contributed by atoms with Crippen molar-refractivity contribution in [1.29, 1.82) is 0 Å². The summed E-state index contributed by atoms with van der Waals surface area (Å²) in [5, 5.41) is 4.22. The number of hydrogen-bond acceptors (Lipinski definition) is 6. The van der Waals surface area contributed by atoms with Crippen molar-refractivity contribution >= 4 is 45.1 Å². The van der Waals surface area contributed by atoms with E-state index in [0.29, 0.717) is 16.3 Å². The van der Waals surface area contributed by atoms with Crippen LogP contribution in [0.4, 0.5) is 5.00 Å². The minimum absolute atomic E-state index is 0.181. The number of amides is 1. The first-order chi connectivity index (χ1) is 14.0. The van der Waals surface area contributed by atoms with Gasteiger partial charge in [-0.1, -0.05) is 18.2 Å². The fourth-order valence-electron chi connectivity index (χ4n) is 2.91. The number of anilines is 1. The Labute approximate surface area is 172 Å². The summed E-state index contributed by atoms with van der Waals surface area (Å²) < 4.78 is 10.0. The second kappa shape index (κ2) is 9.38. The van der Waals surface area contributed by atoms with Crippen LogP contribution < -0.4 is 5.32 Å². The van der Waals surface area contributed by atoms with Crippen LogP contribution in [-0.4, -0.2) is 36.0 Å². The van der Waals surface area contributed by atoms with Crippen LogP contribution in [-0.2, 0) is 25.5 Å². The highest BCUT2D eigenvalue weighted by Crippen LogP contribution is 2.27. The lowest BCUT2D eigenvalue weighted by molar-refractivity contribution is -0.147. The average Bonchev–Trinajstić information content (AvgIpc) is 3.28. The highest BCUT2D eigenvalue weighted by molar-refractivity contribution is 7.18. The van der Waals surface area contributed by atoms with Crippen molar-refractivity contribution in [2.45, 2.75) is 26.7 Å². The number of aromatic nitrogens is 1. The Hall–Kier alpha value is -3.13. The fraction of sp³-hybridized carbons (Fsp3) is 0.286. The average molecular weight is 414 g/mol. The molecule has 1 amide bonds. The molecule has 0 atom stereocenters. The van der Waals surface area contributed by atoms with E-state index in [0.717, 1.165) is 33.4 Å². The van der Waals surface area contributed by atoms with E-state index < -0.39 is 17.8 Å². The topological polar surface area (TPSA) is 97.5 Å². The molecule has 7 nitrogen and oxygen atoms in total. The third-order valence-corrected chi connectivity index (χ3v) is 5.41. The molecule has 0 bridgehead atoms. The zero-order chi connectivity index (χ0) is 20.8. The lowest BCUT2D eigenvalue weighted by Crippen LogP contribution is -2.20. The van der Waals surface area contributed by atoms with Gasteiger partial charge in [0.2, 0.25) is 0 Å². The van der Waals surface area contributed by atoms with Gasteiger partial charge in [-0.25, -0.2) is 4.79 Å². The van der Waals surface area contributed by atoms with Crippen molar-refractivity contribution in [3.05, 3.63) is 52.5 Å². The minimum Gasteiger partial charge on any atom is -0.462 e. The Bertz CT molecular complexity index is 1040. The molecule has 0 fully saturated rings. The molecule has 3 aromatic rings. The van der Waals surface area contributed by atoms with Crippen LogP contribution in [0.3, 0.4) is 0 Å². The van der Waals surface area contributed by atoms with E-state index in [4.69, 9.17) is 9.47 Å². The molecule has 2 heterocycles. The van der Waals surface area contributed by atoms with Crippen LogP contribution in [0.5, 0.6) is 0 Å². The summed E-state index contributed by atoms with van der Waals surface area (Å²) in [7, 11) is 0. The molecule has 0 aliphatic rings. The summed E-state index contributed by atoms with van der Waals surface area (Å²) in [6, 6.07) is 9.55. The highest BCUT2D eigenvalue weighted by atomic mass is 32.1. The Morgan fingerprint density at radius 2 is 1.97 bits per heavy atom. The van der Waals surface area contributed by atoms with Gasteiger partial charge >= 0.3 is 11.9 Å². The van der Waals surface area contributed by atoms with Gasteiger partial charge in [0.05, 0.1) is 11.6 Å². The largest absolute Gasteiger partial charge is 0.462 e. The molecule has 0 radical (unpaired) electrons. The first kappa shape index (κ1) is 20.6. The Morgan fingerprint density at radius 3 is 2.76 bits per heavy atom. The van der Waals surface area contributed by atoms with Gasteiger partial charge in [-0.2, -0.15) is 0 Å². The zero-order valence-electron chi connectivity index (χ0n) is 16.2. The third-order valence-electron chi connectivity index (χ3n) is 4.28. The Kier molecular flexibility index (Phi) is 6.66. The number of hydrogen-bond donors (Lipinski definition) is 2. The molecule has 0 spiro atoms. The number of ether oxygens (including phenoxy) is 2. The standard InChI is InChI=1S/C21H22N2O5S/c1-3-27-21(26)20-13(2)10-18(29-20)23-17(24)12-28-19(25)9-8-14-11-22-16-7-5-4-6-15(14)16/h4-7,10-11,22H,3,8-9,12H2,1-2H3,(H,23,24). The van der Waals surface area contributed by atoms with E-state index in [-0.39, 0.29) is 19.6 Å². The number of H-pyrrole nitrogens is 1. The summed E-state index contributed by atoms with van der Waals surface area (Å²) in [4.78, 5) is 39.5. The van der Waals surface area contributed by atoms with Gasteiger partial charge in [0.1, 0.15) is 4.88 Å². The maximum absolute atomic E-state index is 12.0. The number of benzene rings is 1. The molecule has 1 aromatic carbocycles. The molecule has 0 aliphatic carbocycles. The lowest BCUT2D eigenvalue weighted by atomic mass is 10.1. The normalized spacial score (nSPS) is 10.7. The quantitative estimate of drug-likeness (QED) is 0.546. The summed E-state index contributed by atoms with van der Waals surface area (Å²) in [5.74, 6) is -1.32. The van der Waals surface area contributed by atoms with Crippen molar-refractivity contribution in [2.24, 2.45) is 0 Å². The molecule has 3 rings (SSSR count). The van der Waals surface area contributed by atoms with Crippen molar-refractivity contribution in [3.63, 3.8) is 0 Å². The number of fused-ring (bicyclic) bond motifs is 1. The fourth-order valence-corrected chi connectivity index (χ4v) is 3.89. The van der Waals surface area contributed by atoms with E-state index in [1.54, 1.807) is 19.9 Å². The van der Waals surface area contributed by atoms with Crippen LogP contribution in [0.1, 0.15) is 34.1 Å². The second-order valence-corrected chi connectivity index (χ2v) is 7.46.